The number of carbonyl (C=O) groups excluding carboxylic acids is 1. The van der Waals surface area contributed by atoms with Crippen LogP contribution in [-0.2, 0) is 6.54 Å². The van der Waals surface area contributed by atoms with Gasteiger partial charge in [-0.25, -0.2) is 4.98 Å². The number of likely N-dealkylation sites (tertiary alicyclic amines) is 1. The molecule has 5 nitrogen and oxygen atoms in total. The average Bonchev–Trinajstić information content (AvgIpc) is 3.19. The number of nitrogens with zero attached hydrogens (tertiary/aromatic N) is 2. The van der Waals surface area contributed by atoms with Crippen LogP contribution in [0.3, 0.4) is 0 Å². The second kappa shape index (κ2) is 8.45. The number of hydrogen-bond donors (Lipinski definition) is 1. The van der Waals surface area contributed by atoms with Crippen LogP contribution in [0, 0.1) is 6.92 Å². The lowest BCUT2D eigenvalue weighted by molar-refractivity contribution is 0.1000. The van der Waals surface area contributed by atoms with Gasteiger partial charge in [-0.05, 0) is 54.6 Å². The van der Waals surface area contributed by atoms with Gasteiger partial charge in [-0.2, -0.15) is 0 Å². The minimum absolute atomic E-state index is 0.365. The number of nitrogens with two attached hydrogens (primary N) is 1. The first-order chi connectivity index (χ1) is 14.1. The molecule has 5 heteroatoms. The summed E-state index contributed by atoms with van der Waals surface area (Å²) in [4.78, 5) is 17.8. The maximum Gasteiger partial charge on any atom is 0.250 e. The summed E-state index contributed by atoms with van der Waals surface area (Å²) >= 11 is 0. The van der Waals surface area contributed by atoms with Crippen LogP contribution in [0.2, 0.25) is 0 Å². The van der Waals surface area contributed by atoms with E-state index < -0.39 is 5.91 Å². The molecule has 1 amide bonds. The molecule has 0 aliphatic carbocycles. The van der Waals surface area contributed by atoms with E-state index in [2.05, 4.69) is 52.3 Å². The highest BCUT2D eigenvalue weighted by atomic mass is 16.5. The molecule has 0 bridgehead atoms. The van der Waals surface area contributed by atoms with Crippen molar-refractivity contribution < 1.29 is 9.53 Å². The van der Waals surface area contributed by atoms with E-state index in [1.165, 1.54) is 23.7 Å². The molecule has 1 aliphatic heterocycles. The summed E-state index contributed by atoms with van der Waals surface area (Å²) in [7, 11) is 0. The average molecular weight is 387 g/mol. The van der Waals surface area contributed by atoms with E-state index in [-0.39, 0.29) is 0 Å². The molecule has 1 unspecified atom stereocenters. The first kappa shape index (κ1) is 19.2. The number of aryl methyl sites for hydroxylation is 1. The Kier molecular flexibility index (Phi) is 5.58. The van der Waals surface area contributed by atoms with E-state index in [4.69, 9.17) is 10.5 Å². The van der Waals surface area contributed by atoms with Gasteiger partial charge in [0.05, 0.1) is 5.56 Å². The molecular weight excluding hydrogens is 362 g/mol. The summed E-state index contributed by atoms with van der Waals surface area (Å²) in [5.41, 5.74) is 9.38. The van der Waals surface area contributed by atoms with E-state index in [9.17, 15) is 4.79 Å². The molecule has 1 aromatic heterocycles. The van der Waals surface area contributed by atoms with Crippen molar-refractivity contribution in [3.63, 3.8) is 0 Å². The molecule has 1 aliphatic rings. The van der Waals surface area contributed by atoms with Crippen LogP contribution < -0.4 is 10.5 Å². The fraction of sp³-hybridized carbons (Fsp3) is 0.250. The zero-order valence-corrected chi connectivity index (χ0v) is 16.5. The van der Waals surface area contributed by atoms with E-state index in [0.717, 1.165) is 30.9 Å². The molecule has 148 valence electrons. The monoisotopic (exact) mass is 387 g/mol. The lowest BCUT2D eigenvalue weighted by Crippen LogP contribution is -2.19. The van der Waals surface area contributed by atoms with Gasteiger partial charge in [0.25, 0.3) is 0 Å². The molecule has 1 saturated heterocycles. The fourth-order valence-corrected chi connectivity index (χ4v) is 3.86. The number of primary amides is 1. The molecule has 2 N–H and O–H groups in total. The Morgan fingerprint density at radius 1 is 1.17 bits per heavy atom. The van der Waals surface area contributed by atoms with E-state index in [0.29, 0.717) is 17.4 Å². The highest BCUT2D eigenvalue weighted by molar-refractivity contribution is 5.92. The first-order valence-corrected chi connectivity index (χ1v) is 9.89. The van der Waals surface area contributed by atoms with Crippen LogP contribution in [-0.4, -0.2) is 28.9 Å². The van der Waals surface area contributed by atoms with Gasteiger partial charge in [0.15, 0.2) is 0 Å². The van der Waals surface area contributed by atoms with Gasteiger partial charge in [0.2, 0.25) is 11.8 Å². The van der Waals surface area contributed by atoms with Crippen molar-refractivity contribution in [2.24, 2.45) is 5.73 Å². The summed E-state index contributed by atoms with van der Waals surface area (Å²) in [5.74, 6) is 1.32. The number of amides is 1. The quantitative estimate of drug-likeness (QED) is 0.686. The predicted molar refractivity (Wildman–Crippen MR) is 113 cm³/mol. The SMILES string of the molecule is Cc1cc(CN2CCC(c3ccccc3)C2)ccc1Oc1ccc(C(N)=O)cn1. The normalized spacial score (nSPS) is 16.7. The topological polar surface area (TPSA) is 68.5 Å². The lowest BCUT2D eigenvalue weighted by atomic mass is 9.99. The first-order valence-electron chi connectivity index (χ1n) is 9.89. The molecule has 4 rings (SSSR count). The Hall–Kier alpha value is -3.18. The Morgan fingerprint density at radius 2 is 2.00 bits per heavy atom. The Balaban J connectivity index is 1.38. The van der Waals surface area contributed by atoms with Crippen LogP contribution in [0.4, 0.5) is 0 Å². The molecule has 1 atom stereocenters. The van der Waals surface area contributed by atoms with Crippen molar-refractivity contribution in [3.05, 3.63) is 89.1 Å². The Bertz CT molecular complexity index is 987. The third-order valence-corrected chi connectivity index (χ3v) is 5.42. The van der Waals surface area contributed by atoms with Gasteiger partial charge in [-0.1, -0.05) is 42.5 Å². The van der Waals surface area contributed by atoms with Crippen LogP contribution in [0.25, 0.3) is 0 Å². The largest absolute Gasteiger partial charge is 0.439 e. The molecule has 2 aromatic carbocycles. The third-order valence-electron chi connectivity index (χ3n) is 5.42. The molecule has 0 radical (unpaired) electrons. The molecule has 3 aromatic rings. The second-order valence-corrected chi connectivity index (χ2v) is 7.58. The summed E-state index contributed by atoms with van der Waals surface area (Å²) < 4.78 is 5.87. The number of hydrogen-bond acceptors (Lipinski definition) is 4. The van der Waals surface area contributed by atoms with Crippen LogP contribution >= 0.6 is 0 Å². The van der Waals surface area contributed by atoms with Crippen LogP contribution in [0.5, 0.6) is 11.6 Å². The van der Waals surface area contributed by atoms with Crippen molar-refractivity contribution >= 4 is 5.91 Å². The van der Waals surface area contributed by atoms with Gasteiger partial charge >= 0.3 is 0 Å². The summed E-state index contributed by atoms with van der Waals surface area (Å²) in [6.45, 7) is 5.19. The maximum absolute atomic E-state index is 11.1. The number of pyridine rings is 1. The summed E-state index contributed by atoms with van der Waals surface area (Å²) in [6, 6.07) is 20.3. The summed E-state index contributed by atoms with van der Waals surface area (Å²) in [5, 5.41) is 0. The summed E-state index contributed by atoms with van der Waals surface area (Å²) in [6.07, 6.45) is 2.63. The Morgan fingerprint density at radius 3 is 2.69 bits per heavy atom. The number of benzene rings is 2. The van der Waals surface area contributed by atoms with Crippen molar-refractivity contribution in [2.75, 3.05) is 13.1 Å². The molecule has 1 fully saturated rings. The zero-order chi connectivity index (χ0) is 20.2. The third kappa shape index (κ3) is 4.63. The van der Waals surface area contributed by atoms with Gasteiger partial charge in [0, 0.05) is 25.4 Å². The zero-order valence-electron chi connectivity index (χ0n) is 16.5. The number of rotatable bonds is 6. The van der Waals surface area contributed by atoms with E-state index in [1.807, 2.05) is 13.0 Å². The molecule has 0 spiro atoms. The maximum atomic E-state index is 11.1. The van der Waals surface area contributed by atoms with Crippen LogP contribution in [0.15, 0.2) is 66.9 Å². The standard InChI is InChI=1S/C24H25N3O2/c1-17-13-18(15-27-12-11-21(16-27)19-5-3-2-4-6-19)7-9-22(17)29-23-10-8-20(14-26-23)24(25)28/h2-10,13-14,21H,11-12,15-16H2,1H3,(H2,25,28). The Labute approximate surface area is 171 Å². The van der Waals surface area contributed by atoms with Crippen molar-refractivity contribution in [1.82, 2.24) is 9.88 Å². The molecule has 29 heavy (non-hydrogen) atoms. The number of carbonyl (C=O) groups is 1. The van der Waals surface area contributed by atoms with Gasteiger partial charge in [0.1, 0.15) is 5.75 Å². The lowest BCUT2D eigenvalue weighted by Gasteiger charge is -2.17. The van der Waals surface area contributed by atoms with Gasteiger partial charge in [-0.15, -0.1) is 0 Å². The van der Waals surface area contributed by atoms with Crippen LogP contribution in [0.1, 0.15) is 39.4 Å². The highest BCUT2D eigenvalue weighted by Gasteiger charge is 2.23. The molecular formula is C24H25N3O2. The fourth-order valence-electron chi connectivity index (χ4n) is 3.86. The van der Waals surface area contributed by atoms with E-state index in [1.54, 1.807) is 12.1 Å². The molecule has 2 heterocycles. The van der Waals surface area contributed by atoms with Crippen molar-refractivity contribution in [1.29, 1.82) is 0 Å². The van der Waals surface area contributed by atoms with Crippen molar-refractivity contribution in [2.45, 2.75) is 25.8 Å². The van der Waals surface area contributed by atoms with Gasteiger partial charge < -0.3 is 10.5 Å². The number of aromatic nitrogens is 1. The predicted octanol–water partition coefficient (Wildman–Crippen LogP) is 4.27. The molecule has 0 saturated carbocycles. The minimum atomic E-state index is -0.499. The smallest absolute Gasteiger partial charge is 0.250 e. The highest BCUT2D eigenvalue weighted by Crippen LogP contribution is 2.29. The minimum Gasteiger partial charge on any atom is -0.439 e. The number of ether oxygens (including phenoxy) is 1. The van der Waals surface area contributed by atoms with Crippen molar-refractivity contribution in [3.8, 4) is 11.6 Å². The second-order valence-electron chi connectivity index (χ2n) is 7.58. The van der Waals surface area contributed by atoms with Gasteiger partial charge in [-0.3, -0.25) is 9.69 Å². The van der Waals surface area contributed by atoms with E-state index >= 15 is 0 Å².